The van der Waals surface area contributed by atoms with Crippen molar-refractivity contribution in [3.8, 4) is 23.0 Å². The van der Waals surface area contributed by atoms with Gasteiger partial charge in [0.25, 0.3) is 5.91 Å². The van der Waals surface area contributed by atoms with Crippen LogP contribution in [0.25, 0.3) is 0 Å². The Morgan fingerprint density at radius 2 is 1.71 bits per heavy atom. The molecule has 1 amide bonds. The van der Waals surface area contributed by atoms with Crippen molar-refractivity contribution < 1.29 is 28.1 Å². The second-order valence-electron chi connectivity index (χ2n) is 6.98. The van der Waals surface area contributed by atoms with Gasteiger partial charge in [-0.15, -0.1) is 0 Å². The second-order valence-corrected chi connectivity index (χ2v) is 7.83. The van der Waals surface area contributed by atoms with Crippen LogP contribution in [0.4, 0.5) is 4.39 Å². The summed E-state index contributed by atoms with van der Waals surface area (Å²) in [6.45, 7) is 2.53. The van der Waals surface area contributed by atoms with Crippen LogP contribution in [0.1, 0.15) is 28.4 Å². The van der Waals surface area contributed by atoms with E-state index in [9.17, 15) is 9.18 Å². The van der Waals surface area contributed by atoms with Gasteiger partial charge in [0.1, 0.15) is 23.9 Å². The number of nitrogens with zero attached hydrogens (tertiary/aromatic N) is 1. The molecule has 34 heavy (non-hydrogen) atoms. The zero-order valence-corrected chi connectivity index (χ0v) is 20.5. The number of carbonyl (C=O) groups is 1. The minimum atomic E-state index is -0.420. The molecule has 0 heterocycles. The van der Waals surface area contributed by atoms with Crippen molar-refractivity contribution >= 4 is 28.1 Å². The van der Waals surface area contributed by atoms with Gasteiger partial charge in [0.05, 0.1) is 31.5 Å². The van der Waals surface area contributed by atoms with E-state index in [0.29, 0.717) is 45.2 Å². The van der Waals surface area contributed by atoms with Gasteiger partial charge in [-0.2, -0.15) is 5.10 Å². The first kappa shape index (κ1) is 25.0. The molecular weight excluding hydrogens is 507 g/mol. The third-order valence-electron chi connectivity index (χ3n) is 4.62. The van der Waals surface area contributed by atoms with E-state index in [1.807, 2.05) is 6.92 Å². The van der Waals surface area contributed by atoms with E-state index in [0.717, 1.165) is 5.56 Å². The Balaban J connectivity index is 1.73. The summed E-state index contributed by atoms with van der Waals surface area (Å²) in [7, 11) is 3.02. The van der Waals surface area contributed by atoms with E-state index in [-0.39, 0.29) is 12.4 Å². The summed E-state index contributed by atoms with van der Waals surface area (Å²) < 4.78 is 35.8. The Morgan fingerprint density at radius 1 is 1.03 bits per heavy atom. The second kappa shape index (κ2) is 12.0. The van der Waals surface area contributed by atoms with E-state index in [1.54, 1.807) is 42.5 Å². The first-order valence-electron chi connectivity index (χ1n) is 10.3. The minimum Gasteiger partial charge on any atom is -0.497 e. The molecule has 0 aliphatic rings. The van der Waals surface area contributed by atoms with Crippen molar-refractivity contribution in [1.82, 2.24) is 5.43 Å². The van der Waals surface area contributed by atoms with Crippen molar-refractivity contribution in [2.75, 3.05) is 20.8 Å². The lowest BCUT2D eigenvalue weighted by Gasteiger charge is -2.14. The van der Waals surface area contributed by atoms with Gasteiger partial charge in [0.15, 0.2) is 11.5 Å². The minimum absolute atomic E-state index is 0.243. The fourth-order valence-electron chi connectivity index (χ4n) is 2.97. The highest BCUT2D eigenvalue weighted by Crippen LogP contribution is 2.37. The highest BCUT2D eigenvalue weighted by Gasteiger charge is 2.13. The van der Waals surface area contributed by atoms with Gasteiger partial charge in [-0.3, -0.25) is 4.79 Å². The van der Waals surface area contributed by atoms with Crippen molar-refractivity contribution in [1.29, 1.82) is 0 Å². The highest BCUT2D eigenvalue weighted by molar-refractivity contribution is 9.10. The average molecular weight is 531 g/mol. The number of hydrogen-bond donors (Lipinski definition) is 1. The third kappa shape index (κ3) is 6.71. The molecule has 3 aromatic carbocycles. The number of ether oxygens (including phenoxy) is 4. The zero-order chi connectivity index (χ0) is 24.5. The molecule has 0 atom stereocenters. The smallest absolute Gasteiger partial charge is 0.271 e. The van der Waals surface area contributed by atoms with Crippen LogP contribution in [0.15, 0.2) is 64.2 Å². The molecule has 9 heteroatoms. The number of hydrazone groups is 1. The van der Waals surface area contributed by atoms with E-state index in [4.69, 9.17) is 18.9 Å². The summed E-state index contributed by atoms with van der Waals surface area (Å²) in [5.41, 5.74) is 4.32. The molecule has 0 aromatic heterocycles. The van der Waals surface area contributed by atoms with Crippen LogP contribution in [-0.4, -0.2) is 32.9 Å². The molecule has 0 saturated heterocycles. The summed E-state index contributed by atoms with van der Waals surface area (Å²) in [6.07, 6.45) is 1.49. The maximum absolute atomic E-state index is 13.1. The summed E-state index contributed by atoms with van der Waals surface area (Å²) in [5.74, 6) is 1.28. The lowest BCUT2D eigenvalue weighted by Crippen LogP contribution is -2.17. The van der Waals surface area contributed by atoms with Crippen molar-refractivity contribution in [3.05, 3.63) is 81.6 Å². The lowest BCUT2D eigenvalue weighted by molar-refractivity contribution is 0.0954. The Morgan fingerprint density at radius 3 is 2.32 bits per heavy atom. The van der Waals surface area contributed by atoms with Crippen LogP contribution in [0.3, 0.4) is 0 Å². The topological polar surface area (TPSA) is 78.4 Å². The fourth-order valence-corrected chi connectivity index (χ4v) is 3.54. The van der Waals surface area contributed by atoms with Crippen LogP contribution in [0.2, 0.25) is 0 Å². The predicted molar refractivity (Wildman–Crippen MR) is 131 cm³/mol. The number of carbonyl (C=O) groups excluding carboxylic acids is 1. The van der Waals surface area contributed by atoms with Crippen molar-refractivity contribution in [3.63, 3.8) is 0 Å². The number of amides is 1. The van der Waals surface area contributed by atoms with Gasteiger partial charge in [-0.05, 0) is 70.4 Å². The first-order chi connectivity index (χ1) is 16.4. The number of nitrogens with one attached hydrogen (secondary N) is 1. The Bertz CT molecular complexity index is 1150. The molecular formula is C25H24BrFN2O5. The molecule has 0 aliphatic carbocycles. The average Bonchev–Trinajstić information content (AvgIpc) is 2.84. The van der Waals surface area contributed by atoms with Gasteiger partial charge in [0.2, 0.25) is 0 Å². The van der Waals surface area contributed by atoms with Gasteiger partial charge < -0.3 is 18.9 Å². The normalized spacial score (nSPS) is 10.7. The predicted octanol–water partition coefficient (Wildman–Crippen LogP) is 5.35. The van der Waals surface area contributed by atoms with E-state index >= 15 is 0 Å². The quantitative estimate of drug-likeness (QED) is 0.282. The third-order valence-corrected chi connectivity index (χ3v) is 5.21. The van der Waals surface area contributed by atoms with Gasteiger partial charge in [-0.25, -0.2) is 9.82 Å². The Kier molecular flexibility index (Phi) is 8.86. The monoisotopic (exact) mass is 530 g/mol. The summed E-state index contributed by atoms with van der Waals surface area (Å²) in [4.78, 5) is 12.5. The first-order valence-corrected chi connectivity index (χ1v) is 11.1. The van der Waals surface area contributed by atoms with Crippen LogP contribution in [-0.2, 0) is 6.61 Å². The number of methoxy groups -OCH3 is 2. The number of benzene rings is 3. The molecule has 7 nitrogen and oxygen atoms in total. The van der Waals surface area contributed by atoms with Gasteiger partial charge in [-0.1, -0.05) is 12.1 Å². The molecule has 0 saturated carbocycles. The number of hydrogen-bond acceptors (Lipinski definition) is 6. The molecule has 0 bridgehead atoms. The van der Waals surface area contributed by atoms with Crippen LogP contribution >= 0.6 is 15.9 Å². The number of rotatable bonds is 10. The van der Waals surface area contributed by atoms with E-state index in [1.165, 1.54) is 32.6 Å². The van der Waals surface area contributed by atoms with Crippen LogP contribution in [0, 0.1) is 5.82 Å². The fraction of sp³-hybridized carbons (Fsp3) is 0.200. The molecule has 0 aliphatic heterocycles. The maximum Gasteiger partial charge on any atom is 0.271 e. The maximum atomic E-state index is 13.1. The zero-order valence-electron chi connectivity index (χ0n) is 18.9. The van der Waals surface area contributed by atoms with Crippen molar-refractivity contribution in [2.45, 2.75) is 13.5 Å². The van der Waals surface area contributed by atoms with Crippen LogP contribution < -0.4 is 24.4 Å². The van der Waals surface area contributed by atoms with Gasteiger partial charge in [0, 0.05) is 11.6 Å². The molecule has 1 N–H and O–H groups in total. The van der Waals surface area contributed by atoms with Crippen LogP contribution in [0.5, 0.6) is 23.0 Å². The SMILES string of the molecule is CCOc1cc(/C=N\NC(=O)c2cc(OC)cc(OC)c2)cc(Br)c1OCc1ccc(F)cc1. The van der Waals surface area contributed by atoms with E-state index in [2.05, 4.69) is 26.5 Å². The molecule has 0 fully saturated rings. The van der Waals surface area contributed by atoms with Crippen molar-refractivity contribution in [2.24, 2.45) is 5.10 Å². The standard InChI is InChI=1S/C25H24BrFN2O5/c1-4-33-23-10-17(9-22(26)24(23)34-15-16-5-7-19(27)8-6-16)14-28-29-25(30)18-11-20(31-2)13-21(12-18)32-3/h5-14H,4,15H2,1-3H3,(H,29,30)/b28-14-. The molecule has 178 valence electrons. The molecule has 0 spiro atoms. The molecule has 0 radical (unpaired) electrons. The summed E-state index contributed by atoms with van der Waals surface area (Å²) in [6, 6.07) is 14.5. The Hall–Kier alpha value is -3.59. The lowest BCUT2D eigenvalue weighted by atomic mass is 10.2. The molecule has 0 unspecified atom stereocenters. The Labute approximate surface area is 205 Å². The molecule has 3 rings (SSSR count). The van der Waals surface area contributed by atoms with Gasteiger partial charge >= 0.3 is 0 Å². The largest absolute Gasteiger partial charge is 0.497 e. The highest BCUT2D eigenvalue weighted by atomic mass is 79.9. The summed E-state index contributed by atoms with van der Waals surface area (Å²) >= 11 is 3.50. The molecule has 3 aromatic rings. The summed E-state index contributed by atoms with van der Waals surface area (Å²) in [5, 5.41) is 4.04. The van der Waals surface area contributed by atoms with E-state index < -0.39 is 5.91 Å². The number of halogens is 2.